The fourth-order valence-corrected chi connectivity index (χ4v) is 6.49. The molecule has 2 aliphatic rings. The van der Waals surface area contributed by atoms with E-state index in [2.05, 4.69) is 4.72 Å². The molecule has 2 aliphatic carbocycles. The third-order valence-corrected chi connectivity index (χ3v) is 7.39. The normalized spacial score (nSPS) is 24.1. The molecule has 0 aromatic carbocycles. The van der Waals surface area contributed by atoms with Gasteiger partial charge in [0.25, 0.3) is 0 Å². The number of nitrogens with one attached hydrogen (secondary N) is 1. The molecule has 1 spiro atoms. The van der Waals surface area contributed by atoms with Gasteiger partial charge in [0.05, 0.1) is 5.75 Å². The number of carbonyl (C=O) groups is 1. The quantitative estimate of drug-likeness (QED) is 0.861. The topological polar surface area (TPSA) is 83.5 Å². The number of rotatable bonds is 5. The summed E-state index contributed by atoms with van der Waals surface area (Å²) in [6.45, 7) is 0. The Bertz CT molecular complexity index is 653. The van der Waals surface area contributed by atoms with E-state index in [0.29, 0.717) is 5.56 Å². The molecule has 1 aromatic rings. The number of carboxylic acids is 1. The Labute approximate surface area is 134 Å². The number of carboxylic acid groups (broad SMARTS) is 1. The number of aromatic carboxylic acids is 1. The number of sulfonamides is 1. The van der Waals surface area contributed by atoms with Crippen LogP contribution in [-0.2, 0) is 15.8 Å². The second kappa shape index (κ2) is 5.94. The van der Waals surface area contributed by atoms with Crippen molar-refractivity contribution in [2.75, 3.05) is 0 Å². The molecule has 0 radical (unpaired) electrons. The Morgan fingerprint density at radius 1 is 1.32 bits per heavy atom. The van der Waals surface area contributed by atoms with Crippen LogP contribution < -0.4 is 4.72 Å². The molecule has 2 fully saturated rings. The molecule has 122 valence electrons. The average molecular weight is 343 g/mol. The van der Waals surface area contributed by atoms with E-state index in [4.69, 9.17) is 5.11 Å². The molecule has 22 heavy (non-hydrogen) atoms. The van der Waals surface area contributed by atoms with Crippen LogP contribution >= 0.6 is 11.3 Å². The van der Waals surface area contributed by atoms with Gasteiger partial charge < -0.3 is 5.11 Å². The van der Waals surface area contributed by atoms with E-state index >= 15 is 0 Å². The van der Waals surface area contributed by atoms with Gasteiger partial charge in [-0.05, 0) is 48.1 Å². The Morgan fingerprint density at radius 2 is 2.00 bits per heavy atom. The predicted octanol–water partition coefficient (Wildman–Crippen LogP) is 2.98. The van der Waals surface area contributed by atoms with Crippen LogP contribution in [0.15, 0.2) is 11.4 Å². The summed E-state index contributed by atoms with van der Waals surface area (Å²) in [6.07, 6.45) is 7.68. The van der Waals surface area contributed by atoms with E-state index in [1.54, 1.807) is 11.4 Å². The summed E-state index contributed by atoms with van der Waals surface area (Å²) in [7, 11) is -3.51. The van der Waals surface area contributed by atoms with Crippen LogP contribution in [0.4, 0.5) is 0 Å². The number of hydrogen-bond acceptors (Lipinski definition) is 4. The zero-order valence-electron chi connectivity index (χ0n) is 12.4. The molecule has 1 atom stereocenters. The minimum atomic E-state index is -3.51. The highest BCUT2D eigenvalue weighted by molar-refractivity contribution is 7.88. The van der Waals surface area contributed by atoms with Crippen molar-refractivity contribution in [1.82, 2.24) is 4.72 Å². The lowest BCUT2D eigenvalue weighted by Gasteiger charge is -2.31. The van der Waals surface area contributed by atoms with Crippen LogP contribution in [0.25, 0.3) is 0 Å². The molecule has 0 amide bonds. The van der Waals surface area contributed by atoms with Gasteiger partial charge in [-0.25, -0.2) is 17.9 Å². The van der Waals surface area contributed by atoms with Crippen LogP contribution in [0.3, 0.4) is 0 Å². The molecule has 1 heterocycles. The van der Waals surface area contributed by atoms with Gasteiger partial charge >= 0.3 is 5.97 Å². The zero-order valence-corrected chi connectivity index (χ0v) is 14.0. The molecule has 2 N–H and O–H groups in total. The maximum absolute atomic E-state index is 12.5. The summed E-state index contributed by atoms with van der Waals surface area (Å²) < 4.78 is 27.8. The lowest BCUT2D eigenvalue weighted by atomic mass is 9.81. The molecule has 5 nitrogen and oxygen atoms in total. The zero-order chi connectivity index (χ0) is 15.8. The Hall–Kier alpha value is -0.920. The fourth-order valence-electron chi connectivity index (χ4n) is 4.10. The third-order valence-electron chi connectivity index (χ3n) is 5.11. The van der Waals surface area contributed by atoms with Crippen molar-refractivity contribution in [3.05, 3.63) is 21.9 Å². The largest absolute Gasteiger partial charge is 0.477 e. The van der Waals surface area contributed by atoms with Crippen molar-refractivity contribution in [1.29, 1.82) is 0 Å². The van der Waals surface area contributed by atoms with Crippen molar-refractivity contribution < 1.29 is 18.3 Å². The number of hydrogen-bond donors (Lipinski definition) is 2. The SMILES string of the molecule is O=C(O)c1sccc1CS(=O)(=O)NC1CCCC12CCCC2. The van der Waals surface area contributed by atoms with Crippen LogP contribution in [0.2, 0.25) is 0 Å². The highest BCUT2D eigenvalue weighted by Crippen LogP contribution is 2.50. The highest BCUT2D eigenvalue weighted by atomic mass is 32.2. The molecular weight excluding hydrogens is 322 g/mol. The molecule has 0 saturated heterocycles. The summed E-state index contributed by atoms with van der Waals surface area (Å²) >= 11 is 1.07. The maximum atomic E-state index is 12.5. The van der Waals surface area contributed by atoms with Gasteiger partial charge in [-0.1, -0.05) is 19.3 Å². The summed E-state index contributed by atoms with van der Waals surface area (Å²) in [6, 6.07) is 1.61. The lowest BCUT2D eigenvalue weighted by molar-refractivity contribution is 0.0701. The van der Waals surface area contributed by atoms with E-state index in [9.17, 15) is 13.2 Å². The van der Waals surface area contributed by atoms with E-state index in [-0.39, 0.29) is 22.1 Å². The Balaban J connectivity index is 1.73. The van der Waals surface area contributed by atoms with E-state index in [0.717, 1.165) is 43.4 Å². The molecule has 1 unspecified atom stereocenters. The molecule has 0 aliphatic heterocycles. The van der Waals surface area contributed by atoms with Gasteiger partial charge in [-0.2, -0.15) is 0 Å². The molecule has 2 saturated carbocycles. The Morgan fingerprint density at radius 3 is 2.68 bits per heavy atom. The van der Waals surface area contributed by atoms with E-state index in [1.165, 1.54) is 12.8 Å². The van der Waals surface area contributed by atoms with E-state index in [1.807, 2.05) is 0 Å². The van der Waals surface area contributed by atoms with Gasteiger partial charge in [0, 0.05) is 6.04 Å². The predicted molar refractivity (Wildman–Crippen MR) is 85.6 cm³/mol. The van der Waals surface area contributed by atoms with Gasteiger partial charge in [-0.3, -0.25) is 0 Å². The first-order valence-electron chi connectivity index (χ1n) is 7.72. The average Bonchev–Trinajstić information content (AvgIpc) is 3.13. The van der Waals surface area contributed by atoms with Crippen molar-refractivity contribution in [3.8, 4) is 0 Å². The smallest absolute Gasteiger partial charge is 0.346 e. The van der Waals surface area contributed by atoms with Crippen molar-refractivity contribution in [2.45, 2.75) is 56.7 Å². The molecule has 3 rings (SSSR count). The molecular formula is C15H21NO4S2. The van der Waals surface area contributed by atoms with Gasteiger partial charge in [0.1, 0.15) is 4.88 Å². The van der Waals surface area contributed by atoms with Crippen LogP contribution in [-0.4, -0.2) is 25.5 Å². The van der Waals surface area contributed by atoms with Gasteiger partial charge in [-0.15, -0.1) is 11.3 Å². The number of thiophene rings is 1. The monoisotopic (exact) mass is 343 g/mol. The molecule has 1 aromatic heterocycles. The lowest BCUT2D eigenvalue weighted by Crippen LogP contribution is -2.43. The standard InChI is InChI=1S/C15H21NO4S2/c17-14(18)13-11(5-9-21-13)10-22(19,20)16-12-4-3-8-15(12)6-1-2-7-15/h5,9,12,16H,1-4,6-8,10H2,(H,17,18). The summed E-state index contributed by atoms with van der Waals surface area (Å²) in [5.41, 5.74) is 0.528. The Kier molecular flexibility index (Phi) is 4.31. The first-order valence-corrected chi connectivity index (χ1v) is 10.2. The van der Waals surface area contributed by atoms with Crippen molar-refractivity contribution >= 4 is 27.3 Å². The summed E-state index contributed by atoms with van der Waals surface area (Å²) in [4.78, 5) is 11.2. The van der Waals surface area contributed by atoms with Crippen LogP contribution in [0, 0.1) is 5.41 Å². The second-order valence-electron chi connectivity index (χ2n) is 6.47. The molecule has 0 bridgehead atoms. The maximum Gasteiger partial charge on any atom is 0.346 e. The fraction of sp³-hybridized carbons (Fsp3) is 0.667. The second-order valence-corrected chi connectivity index (χ2v) is 9.14. The van der Waals surface area contributed by atoms with Crippen molar-refractivity contribution in [2.24, 2.45) is 5.41 Å². The minimum Gasteiger partial charge on any atom is -0.477 e. The van der Waals surface area contributed by atoms with Crippen LogP contribution in [0.1, 0.15) is 60.2 Å². The first-order chi connectivity index (χ1) is 10.4. The minimum absolute atomic E-state index is 0.0203. The van der Waals surface area contributed by atoms with Crippen LogP contribution in [0.5, 0.6) is 0 Å². The van der Waals surface area contributed by atoms with E-state index < -0.39 is 16.0 Å². The summed E-state index contributed by atoms with van der Waals surface area (Å²) in [5, 5.41) is 10.7. The third kappa shape index (κ3) is 3.07. The highest BCUT2D eigenvalue weighted by Gasteiger charge is 2.45. The first kappa shape index (κ1) is 16.0. The molecule has 7 heteroatoms. The van der Waals surface area contributed by atoms with Gasteiger partial charge in [0.2, 0.25) is 10.0 Å². The van der Waals surface area contributed by atoms with Gasteiger partial charge in [0.15, 0.2) is 0 Å². The summed E-state index contributed by atoms with van der Waals surface area (Å²) in [5.74, 6) is -1.31. The van der Waals surface area contributed by atoms with Crippen molar-refractivity contribution in [3.63, 3.8) is 0 Å².